The average molecular weight is 519 g/mol. The molecule has 4 nitrogen and oxygen atoms in total. The predicted octanol–water partition coefficient (Wildman–Crippen LogP) is 6.59. The first-order valence-corrected chi connectivity index (χ1v) is 12.4. The van der Waals surface area contributed by atoms with E-state index in [0.717, 1.165) is 53.0 Å². The molecular formula is C29H31BrN2O2. The number of likely N-dealkylation sites (tertiary alicyclic amines) is 1. The number of nitrogens with zero attached hydrogens (tertiary/aromatic N) is 2. The molecule has 3 aromatic carbocycles. The minimum absolute atomic E-state index is 0.0551. The number of ether oxygens (including phenoxy) is 2. The number of halogens is 1. The Balaban J connectivity index is 1.44. The van der Waals surface area contributed by atoms with Crippen molar-refractivity contribution in [2.75, 3.05) is 20.2 Å². The Bertz CT molecular complexity index is 1100. The molecular weight excluding hydrogens is 488 g/mol. The van der Waals surface area contributed by atoms with E-state index < -0.39 is 5.41 Å². The lowest BCUT2D eigenvalue weighted by Crippen LogP contribution is -2.62. The van der Waals surface area contributed by atoms with Crippen LogP contribution in [0.5, 0.6) is 11.5 Å². The molecule has 176 valence electrons. The minimum atomic E-state index is -0.673. The molecule has 1 heterocycles. The fraction of sp³-hybridized carbons (Fsp3) is 0.345. The second-order valence-electron chi connectivity index (χ2n) is 9.53. The SMILES string of the molecule is COc1cc(Br)cc(OC2CN(C(C)(C)CCC(C#N)(c3ccccc3)c3ccccc3)C2)c1. The lowest BCUT2D eigenvalue weighted by molar-refractivity contribution is -0.0465. The van der Waals surface area contributed by atoms with Crippen LogP contribution in [0.2, 0.25) is 0 Å². The summed E-state index contributed by atoms with van der Waals surface area (Å²) >= 11 is 3.51. The Kier molecular flexibility index (Phi) is 7.30. The Hall–Kier alpha value is -2.81. The summed E-state index contributed by atoms with van der Waals surface area (Å²) < 4.78 is 12.5. The molecule has 1 fully saturated rings. The maximum atomic E-state index is 10.5. The zero-order valence-corrected chi connectivity index (χ0v) is 21.6. The summed E-state index contributed by atoms with van der Waals surface area (Å²) in [6.45, 7) is 6.25. The van der Waals surface area contributed by atoms with Gasteiger partial charge in [-0.25, -0.2) is 0 Å². The van der Waals surface area contributed by atoms with E-state index in [1.165, 1.54) is 0 Å². The smallest absolute Gasteiger partial charge is 0.124 e. The van der Waals surface area contributed by atoms with Crippen LogP contribution >= 0.6 is 15.9 Å². The van der Waals surface area contributed by atoms with Crippen LogP contribution in [-0.4, -0.2) is 36.7 Å². The second-order valence-corrected chi connectivity index (χ2v) is 10.4. The third-order valence-corrected chi connectivity index (χ3v) is 7.38. The minimum Gasteiger partial charge on any atom is -0.497 e. The van der Waals surface area contributed by atoms with Gasteiger partial charge in [0, 0.05) is 29.2 Å². The summed E-state index contributed by atoms with van der Waals surface area (Å²) in [5.41, 5.74) is 1.37. The van der Waals surface area contributed by atoms with Gasteiger partial charge in [-0.3, -0.25) is 4.90 Å². The summed E-state index contributed by atoms with van der Waals surface area (Å²) in [5, 5.41) is 10.5. The van der Waals surface area contributed by atoms with Crippen molar-refractivity contribution in [3.8, 4) is 17.6 Å². The van der Waals surface area contributed by atoms with E-state index in [2.05, 4.69) is 65.0 Å². The summed E-state index contributed by atoms with van der Waals surface area (Å²) in [7, 11) is 1.66. The molecule has 0 N–H and O–H groups in total. The molecule has 0 saturated carbocycles. The van der Waals surface area contributed by atoms with E-state index in [-0.39, 0.29) is 11.6 Å². The average Bonchev–Trinajstić information content (AvgIpc) is 2.82. The van der Waals surface area contributed by atoms with E-state index in [1.54, 1.807) is 7.11 Å². The van der Waals surface area contributed by atoms with Crippen molar-refractivity contribution in [2.24, 2.45) is 0 Å². The summed E-state index contributed by atoms with van der Waals surface area (Å²) in [4.78, 5) is 2.45. The van der Waals surface area contributed by atoms with Gasteiger partial charge < -0.3 is 9.47 Å². The molecule has 0 aromatic heterocycles. The molecule has 0 unspecified atom stereocenters. The van der Waals surface area contributed by atoms with Crippen LogP contribution in [0.1, 0.15) is 37.8 Å². The zero-order valence-electron chi connectivity index (χ0n) is 20.0. The molecule has 1 aliphatic heterocycles. The first kappa shape index (κ1) is 24.3. The molecule has 34 heavy (non-hydrogen) atoms. The predicted molar refractivity (Wildman–Crippen MR) is 139 cm³/mol. The number of benzene rings is 3. The molecule has 0 radical (unpaired) electrons. The molecule has 0 spiro atoms. The molecule has 1 saturated heterocycles. The second kappa shape index (κ2) is 10.2. The fourth-order valence-corrected chi connectivity index (χ4v) is 5.11. The largest absolute Gasteiger partial charge is 0.497 e. The topological polar surface area (TPSA) is 45.5 Å². The summed E-state index contributed by atoms with van der Waals surface area (Å²) in [6.07, 6.45) is 1.78. The van der Waals surface area contributed by atoms with Gasteiger partial charge in [0.1, 0.15) is 23.0 Å². The van der Waals surface area contributed by atoms with Crippen molar-refractivity contribution in [1.82, 2.24) is 4.90 Å². The van der Waals surface area contributed by atoms with E-state index in [9.17, 15) is 5.26 Å². The molecule has 0 bridgehead atoms. The molecule has 3 aromatic rings. The number of hydrogen-bond acceptors (Lipinski definition) is 4. The molecule has 0 atom stereocenters. The van der Waals surface area contributed by atoms with Gasteiger partial charge in [0.05, 0.1) is 13.2 Å². The quantitative estimate of drug-likeness (QED) is 0.320. The van der Waals surface area contributed by atoms with Crippen LogP contribution in [0.4, 0.5) is 0 Å². The highest BCUT2D eigenvalue weighted by Gasteiger charge is 2.42. The van der Waals surface area contributed by atoms with Crippen molar-refractivity contribution in [3.63, 3.8) is 0 Å². The molecule has 0 aliphatic carbocycles. The summed E-state index contributed by atoms with van der Waals surface area (Å²) in [5.74, 6) is 1.58. The third-order valence-electron chi connectivity index (χ3n) is 6.92. The van der Waals surface area contributed by atoms with Gasteiger partial charge in [0.2, 0.25) is 0 Å². The Morgan fingerprint density at radius 2 is 1.47 bits per heavy atom. The normalized spacial score (nSPS) is 14.8. The van der Waals surface area contributed by atoms with Gasteiger partial charge in [0.25, 0.3) is 0 Å². The van der Waals surface area contributed by atoms with Crippen LogP contribution in [-0.2, 0) is 5.41 Å². The highest BCUT2D eigenvalue weighted by atomic mass is 79.9. The highest BCUT2D eigenvalue weighted by Crippen LogP contribution is 2.40. The van der Waals surface area contributed by atoms with Gasteiger partial charge in [-0.05, 0) is 49.9 Å². The maximum Gasteiger partial charge on any atom is 0.124 e. The molecule has 5 heteroatoms. The third kappa shape index (κ3) is 5.14. The number of nitriles is 1. The molecule has 0 amide bonds. The van der Waals surface area contributed by atoms with E-state index in [1.807, 2.05) is 54.6 Å². The van der Waals surface area contributed by atoms with Crippen molar-refractivity contribution in [2.45, 2.75) is 43.7 Å². The van der Waals surface area contributed by atoms with Crippen LogP contribution in [0.15, 0.2) is 83.3 Å². The Labute approximate surface area is 211 Å². The highest BCUT2D eigenvalue weighted by molar-refractivity contribution is 9.10. The van der Waals surface area contributed by atoms with Crippen molar-refractivity contribution in [1.29, 1.82) is 5.26 Å². The van der Waals surface area contributed by atoms with Gasteiger partial charge >= 0.3 is 0 Å². The zero-order chi connectivity index (χ0) is 24.2. The number of rotatable bonds is 9. The number of hydrogen-bond donors (Lipinski definition) is 0. The molecule has 1 aliphatic rings. The Morgan fingerprint density at radius 3 is 2.00 bits per heavy atom. The van der Waals surface area contributed by atoms with Gasteiger partial charge in [0.15, 0.2) is 0 Å². The van der Waals surface area contributed by atoms with Crippen LogP contribution < -0.4 is 9.47 Å². The van der Waals surface area contributed by atoms with Gasteiger partial charge in [-0.2, -0.15) is 5.26 Å². The monoisotopic (exact) mass is 518 g/mol. The Morgan fingerprint density at radius 1 is 0.912 bits per heavy atom. The number of methoxy groups -OCH3 is 1. The first-order chi connectivity index (χ1) is 16.4. The van der Waals surface area contributed by atoms with Gasteiger partial charge in [-0.1, -0.05) is 76.6 Å². The van der Waals surface area contributed by atoms with Crippen molar-refractivity contribution < 1.29 is 9.47 Å². The van der Waals surface area contributed by atoms with E-state index >= 15 is 0 Å². The van der Waals surface area contributed by atoms with Gasteiger partial charge in [-0.15, -0.1) is 0 Å². The van der Waals surface area contributed by atoms with Crippen molar-refractivity contribution >= 4 is 15.9 Å². The maximum absolute atomic E-state index is 10.5. The van der Waals surface area contributed by atoms with Crippen LogP contribution in [0.25, 0.3) is 0 Å². The summed E-state index contributed by atoms with van der Waals surface area (Å²) in [6, 6.07) is 28.9. The first-order valence-electron chi connectivity index (χ1n) is 11.6. The van der Waals surface area contributed by atoms with E-state index in [0.29, 0.717) is 0 Å². The standard InChI is InChI=1S/C29H31BrN2O2/c1-28(2,32-19-27(20-32)34-26-17-24(30)16-25(18-26)33-3)14-15-29(21-31,22-10-6-4-7-11-22)23-12-8-5-9-13-23/h4-13,16-18,27H,14-15,19-20H2,1-3H3. The van der Waals surface area contributed by atoms with Crippen molar-refractivity contribution in [3.05, 3.63) is 94.5 Å². The molecule has 4 rings (SSSR count). The van der Waals surface area contributed by atoms with Crippen LogP contribution in [0, 0.1) is 11.3 Å². The van der Waals surface area contributed by atoms with Crippen LogP contribution in [0.3, 0.4) is 0 Å². The lowest BCUT2D eigenvalue weighted by Gasteiger charge is -2.49. The van der Waals surface area contributed by atoms with E-state index in [4.69, 9.17) is 9.47 Å². The lowest BCUT2D eigenvalue weighted by atomic mass is 9.70. The fourth-order valence-electron chi connectivity index (χ4n) is 4.66.